The summed E-state index contributed by atoms with van der Waals surface area (Å²) >= 11 is 1.49. The van der Waals surface area contributed by atoms with Gasteiger partial charge in [-0.05, 0) is 23.8 Å². The number of nitrogens with one attached hydrogen (secondary N) is 1. The Morgan fingerprint density at radius 2 is 1.87 bits per heavy atom. The van der Waals surface area contributed by atoms with Gasteiger partial charge in [0.2, 0.25) is 11.9 Å². The number of amides is 1. The van der Waals surface area contributed by atoms with Gasteiger partial charge in [0.05, 0.1) is 11.2 Å². The molecule has 3 heterocycles. The first-order chi connectivity index (χ1) is 14.7. The Kier molecular flexibility index (Phi) is 6.05. The van der Waals surface area contributed by atoms with Gasteiger partial charge in [-0.15, -0.1) is 11.3 Å². The number of benzene rings is 1. The Hall–Kier alpha value is -3.65. The predicted octanol–water partition coefficient (Wildman–Crippen LogP) is 3.68. The molecule has 1 N–H and O–H groups in total. The molecule has 0 saturated carbocycles. The molecule has 1 amide bonds. The Balaban J connectivity index is 1.57. The molecule has 8 heteroatoms. The molecule has 3 aromatic heterocycles. The third-order valence-electron chi connectivity index (χ3n) is 4.69. The summed E-state index contributed by atoms with van der Waals surface area (Å²) < 4.78 is 0. The van der Waals surface area contributed by atoms with Crippen molar-refractivity contribution >= 4 is 29.0 Å². The number of anilines is 2. The molecule has 4 aromatic rings. The first-order valence-electron chi connectivity index (χ1n) is 9.40. The second-order valence-corrected chi connectivity index (χ2v) is 7.37. The zero-order valence-corrected chi connectivity index (χ0v) is 17.2. The zero-order chi connectivity index (χ0) is 20.8. The van der Waals surface area contributed by atoms with E-state index in [0.717, 1.165) is 22.6 Å². The second-order valence-electron chi connectivity index (χ2n) is 6.65. The molecule has 0 aliphatic heterocycles. The molecule has 0 saturated heterocycles. The quantitative estimate of drug-likeness (QED) is 0.495. The Morgan fingerprint density at radius 1 is 1.07 bits per heavy atom. The lowest BCUT2D eigenvalue weighted by atomic mass is 10.0. The van der Waals surface area contributed by atoms with Gasteiger partial charge in [-0.3, -0.25) is 15.1 Å². The number of hydrogen-bond donors (Lipinski definition) is 1. The summed E-state index contributed by atoms with van der Waals surface area (Å²) in [5.41, 5.74) is 4.44. The summed E-state index contributed by atoms with van der Waals surface area (Å²) in [5.74, 6) is 0.822. The molecule has 0 spiro atoms. The maximum absolute atomic E-state index is 13.2. The van der Waals surface area contributed by atoms with Crippen LogP contribution in [0.4, 0.5) is 11.8 Å². The highest BCUT2D eigenvalue weighted by Gasteiger charge is 2.26. The van der Waals surface area contributed by atoms with Crippen LogP contribution in [0, 0.1) is 0 Å². The molecule has 1 aromatic carbocycles. The maximum atomic E-state index is 13.2. The lowest BCUT2D eigenvalue weighted by Gasteiger charge is -2.27. The number of carbonyl (C=O) groups excluding carboxylic acids is 1. The van der Waals surface area contributed by atoms with Crippen LogP contribution in [-0.2, 0) is 11.2 Å². The third kappa shape index (κ3) is 4.66. The van der Waals surface area contributed by atoms with Crippen LogP contribution in [0.15, 0.2) is 78.0 Å². The molecule has 0 fully saturated rings. The lowest BCUT2D eigenvalue weighted by Crippen LogP contribution is -2.44. The summed E-state index contributed by atoms with van der Waals surface area (Å²) in [4.78, 5) is 32.2. The minimum atomic E-state index is -0.470. The summed E-state index contributed by atoms with van der Waals surface area (Å²) in [6.07, 6.45) is 5.57. The first-order valence-corrected chi connectivity index (χ1v) is 10.3. The average molecular weight is 417 g/mol. The first kappa shape index (κ1) is 19.7. The van der Waals surface area contributed by atoms with Gasteiger partial charge in [0.15, 0.2) is 0 Å². The fourth-order valence-electron chi connectivity index (χ4n) is 3.08. The predicted molar refractivity (Wildman–Crippen MR) is 118 cm³/mol. The summed E-state index contributed by atoms with van der Waals surface area (Å²) in [6.45, 7) is 0. The van der Waals surface area contributed by atoms with E-state index >= 15 is 0 Å². The molecule has 0 aliphatic carbocycles. The van der Waals surface area contributed by atoms with Crippen molar-refractivity contribution in [3.63, 3.8) is 0 Å². The van der Waals surface area contributed by atoms with Gasteiger partial charge in [-0.1, -0.05) is 30.3 Å². The van der Waals surface area contributed by atoms with Gasteiger partial charge in [0, 0.05) is 43.0 Å². The second kappa shape index (κ2) is 9.23. The SMILES string of the molecule is CN(c1cscn1)[C@@H](Cc1ccccc1)C(=O)Nc1nccc(-c2ccncc2)n1. The molecule has 4 rings (SSSR count). The van der Waals surface area contributed by atoms with Crippen molar-refractivity contribution in [3.05, 3.63) is 83.6 Å². The number of likely N-dealkylation sites (N-methyl/N-ethyl adjacent to an activating group) is 1. The van der Waals surface area contributed by atoms with Gasteiger partial charge >= 0.3 is 0 Å². The van der Waals surface area contributed by atoms with Crippen LogP contribution in [0.1, 0.15) is 5.56 Å². The minimum absolute atomic E-state index is 0.193. The van der Waals surface area contributed by atoms with Crippen molar-refractivity contribution in [1.82, 2.24) is 19.9 Å². The topological polar surface area (TPSA) is 83.9 Å². The Bertz CT molecular complexity index is 1090. The van der Waals surface area contributed by atoms with Crippen LogP contribution in [0.25, 0.3) is 11.3 Å². The molecule has 7 nitrogen and oxygen atoms in total. The highest BCUT2D eigenvalue weighted by atomic mass is 32.1. The smallest absolute Gasteiger partial charge is 0.249 e. The van der Waals surface area contributed by atoms with Crippen molar-refractivity contribution in [2.45, 2.75) is 12.5 Å². The molecule has 0 aliphatic rings. The van der Waals surface area contributed by atoms with E-state index in [9.17, 15) is 4.79 Å². The van der Waals surface area contributed by atoms with Crippen LogP contribution >= 0.6 is 11.3 Å². The number of rotatable bonds is 7. The van der Waals surface area contributed by atoms with Crippen molar-refractivity contribution in [3.8, 4) is 11.3 Å². The molecular weight excluding hydrogens is 396 g/mol. The van der Waals surface area contributed by atoms with E-state index in [4.69, 9.17) is 0 Å². The standard InChI is InChI=1S/C22H20N6OS/c1-28(20-14-30-15-25-20)19(13-16-5-3-2-4-6-16)21(29)27-22-24-12-9-18(26-22)17-7-10-23-11-8-17/h2-12,14-15,19H,13H2,1H3,(H,24,26,27,29)/t19-/m0/s1. The molecule has 0 unspecified atom stereocenters. The van der Waals surface area contributed by atoms with Crippen LogP contribution in [0.5, 0.6) is 0 Å². The van der Waals surface area contributed by atoms with Gasteiger partial charge in [0.25, 0.3) is 0 Å². The van der Waals surface area contributed by atoms with Gasteiger partial charge in [0.1, 0.15) is 11.9 Å². The van der Waals surface area contributed by atoms with Gasteiger partial charge < -0.3 is 4.90 Å². The van der Waals surface area contributed by atoms with E-state index in [1.807, 2.05) is 59.8 Å². The normalized spacial score (nSPS) is 11.6. The van der Waals surface area contributed by atoms with Crippen molar-refractivity contribution in [1.29, 1.82) is 0 Å². The van der Waals surface area contributed by atoms with Crippen LogP contribution in [0.3, 0.4) is 0 Å². The largest absolute Gasteiger partial charge is 0.347 e. The Morgan fingerprint density at radius 3 is 2.60 bits per heavy atom. The summed E-state index contributed by atoms with van der Waals surface area (Å²) in [7, 11) is 1.87. The molecule has 150 valence electrons. The molecule has 1 atom stereocenters. The van der Waals surface area contributed by atoms with Crippen molar-refractivity contribution in [2.75, 3.05) is 17.3 Å². The van der Waals surface area contributed by atoms with E-state index in [0.29, 0.717) is 6.42 Å². The molecular formula is C22H20N6OS. The number of hydrogen-bond acceptors (Lipinski definition) is 7. The van der Waals surface area contributed by atoms with E-state index in [-0.39, 0.29) is 11.9 Å². The summed E-state index contributed by atoms with van der Waals surface area (Å²) in [6, 6.07) is 15.0. The van der Waals surface area contributed by atoms with E-state index in [2.05, 4.69) is 25.3 Å². The van der Waals surface area contributed by atoms with E-state index < -0.39 is 6.04 Å². The number of carbonyl (C=O) groups is 1. The summed E-state index contributed by atoms with van der Waals surface area (Å²) in [5, 5.41) is 4.79. The fourth-order valence-corrected chi connectivity index (χ4v) is 3.66. The Labute approximate surface area is 178 Å². The highest BCUT2D eigenvalue weighted by molar-refractivity contribution is 7.07. The molecule has 30 heavy (non-hydrogen) atoms. The number of pyridine rings is 1. The lowest BCUT2D eigenvalue weighted by molar-refractivity contribution is -0.117. The molecule has 0 bridgehead atoms. The average Bonchev–Trinajstić information content (AvgIpc) is 3.33. The number of thiazole rings is 1. The monoisotopic (exact) mass is 416 g/mol. The van der Waals surface area contributed by atoms with Crippen molar-refractivity contribution < 1.29 is 4.79 Å². The van der Waals surface area contributed by atoms with Crippen molar-refractivity contribution in [2.24, 2.45) is 0 Å². The fraction of sp³-hybridized carbons (Fsp3) is 0.136. The maximum Gasteiger partial charge on any atom is 0.249 e. The van der Waals surface area contributed by atoms with Gasteiger partial charge in [-0.25, -0.2) is 15.0 Å². The number of nitrogens with zero attached hydrogens (tertiary/aromatic N) is 5. The van der Waals surface area contributed by atoms with E-state index in [1.165, 1.54) is 11.3 Å². The highest BCUT2D eigenvalue weighted by Crippen LogP contribution is 2.20. The third-order valence-corrected chi connectivity index (χ3v) is 5.26. The van der Waals surface area contributed by atoms with E-state index in [1.54, 1.807) is 30.2 Å². The molecule has 0 radical (unpaired) electrons. The van der Waals surface area contributed by atoms with Crippen LogP contribution in [0.2, 0.25) is 0 Å². The van der Waals surface area contributed by atoms with Crippen LogP contribution in [-0.4, -0.2) is 38.9 Å². The van der Waals surface area contributed by atoms with Gasteiger partial charge in [-0.2, -0.15) is 0 Å². The number of aromatic nitrogens is 4. The minimum Gasteiger partial charge on any atom is -0.347 e. The zero-order valence-electron chi connectivity index (χ0n) is 16.3. The van der Waals surface area contributed by atoms with Crippen LogP contribution < -0.4 is 10.2 Å².